The fourth-order valence-corrected chi connectivity index (χ4v) is 3.14. The van der Waals surface area contributed by atoms with E-state index in [1.54, 1.807) is 14.2 Å². The van der Waals surface area contributed by atoms with Crippen LogP contribution in [0.3, 0.4) is 0 Å². The van der Waals surface area contributed by atoms with Gasteiger partial charge in [-0.05, 0) is 53.2 Å². The Morgan fingerprint density at radius 2 is 1.96 bits per heavy atom. The summed E-state index contributed by atoms with van der Waals surface area (Å²) in [6, 6.07) is 13.4. The average Bonchev–Trinajstić information content (AvgIpc) is 2.61. The Labute approximate surface area is 157 Å². The van der Waals surface area contributed by atoms with Gasteiger partial charge in [0.25, 0.3) is 5.91 Å². The molecule has 0 aliphatic carbocycles. The van der Waals surface area contributed by atoms with Gasteiger partial charge in [0.2, 0.25) is 0 Å². The molecule has 134 valence electrons. The number of hydrogen-bond acceptors (Lipinski definition) is 3. The van der Waals surface area contributed by atoms with E-state index in [1.165, 1.54) is 4.90 Å². The fourth-order valence-electron chi connectivity index (χ4n) is 2.55. The zero-order chi connectivity index (χ0) is 18.2. The highest BCUT2D eigenvalue weighted by molar-refractivity contribution is 9.10. The van der Waals surface area contributed by atoms with Gasteiger partial charge in [-0.1, -0.05) is 6.07 Å². The summed E-state index contributed by atoms with van der Waals surface area (Å²) in [6.45, 7) is 4.10. The second-order valence-corrected chi connectivity index (χ2v) is 6.56. The second kappa shape index (κ2) is 9.44. The van der Waals surface area contributed by atoms with Crippen LogP contribution in [-0.4, -0.2) is 33.2 Å². The Bertz CT molecular complexity index is 722. The first-order chi connectivity index (χ1) is 12.0. The number of carbonyl (C=O) groups is 1. The molecule has 2 N–H and O–H groups in total. The lowest BCUT2D eigenvalue weighted by Crippen LogP contribution is -3.11. The summed E-state index contributed by atoms with van der Waals surface area (Å²) in [5.41, 5.74) is 1.89. The third-order valence-corrected chi connectivity index (χ3v) is 4.55. The van der Waals surface area contributed by atoms with E-state index in [1.807, 2.05) is 42.5 Å². The molecule has 0 heterocycles. The maximum atomic E-state index is 12.3. The number of hydrogen-bond donors (Lipinski definition) is 2. The van der Waals surface area contributed by atoms with Crippen molar-refractivity contribution in [3.63, 3.8) is 0 Å². The SMILES string of the molecule is CC[NH+](CC(=O)Nc1cccc(OC)c1)Cc1ccc(OC)c(Br)c1. The normalized spacial score (nSPS) is 11.7. The summed E-state index contributed by atoms with van der Waals surface area (Å²) in [6.07, 6.45) is 0. The molecule has 0 fully saturated rings. The number of rotatable bonds is 8. The van der Waals surface area contributed by atoms with Crippen molar-refractivity contribution in [2.75, 3.05) is 32.6 Å². The number of ether oxygens (including phenoxy) is 2. The van der Waals surface area contributed by atoms with Gasteiger partial charge >= 0.3 is 0 Å². The molecule has 0 saturated heterocycles. The minimum absolute atomic E-state index is 0.0160. The number of amides is 1. The average molecular weight is 408 g/mol. The third-order valence-electron chi connectivity index (χ3n) is 3.93. The van der Waals surface area contributed by atoms with Gasteiger partial charge in [-0.15, -0.1) is 0 Å². The summed E-state index contributed by atoms with van der Waals surface area (Å²) in [5.74, 6) is 1.51. The van der Waals surface area contributed by atoms with Crippen LogP contribution >= 0.6 is 15.9 Å². The first kappa shape index (κ1) is 19.3. The van der Waals surface area contributed by atoms with E-state index in [0.717, 1.165) is 40.3 Å². The predicted molar refractivity (Wildman–Crippen MR) is 102 cm³/mol. The molecular formula is C19H24BrN2O3+. The summed E-state index contributed by atoms with van der Waals surface area (Å²) < 4.78 is 11.3. The van der Waals surface area contributed by atoms with Crippen LogP contribution in [0.4, 0.5) is 5.69 Å². The lowest BCUT2D eigenvalue weighted by molar-refractivity contribution is -0.903. The van der Waals surface area contributed by atoms with E-state index >= 15 is 0 Å². The van der Waals surface area contributed by atoms with Crippen LogP contribution in [0, 0.1) is 0 Å². The van der Waals surface area contributed by atoms with Crippen molar-refractivity contribution in [1.29, 1.82) is 0 Å². The van der Waals surface area contributed by atoms with Crippen LogP contribution in [0.25, 0.3) is 0 Å². The van der Waals surface area contributed by atoms with Crippen molar-refractivity contribution in [3.05, 3.63) is 52.5 Å². The number of quaternary nitrogens is 1. The minimum atomic E-state index is -0.0160. The van der Waals surface area contributed by atoms with Gasteiger partial charge in [0, 0.05) is 17.3 Å². The molecule has 0 spiro atoms. The molecule has 2 rings (SSSR count). The first-order valence-corrected chi connectivity index (χ1v) is 8.95. The Morgan fingerprint density at radius 1 is 1.16 bits per heavy atom. The Balaban J connectivity index is 1.96. The summed E-state index contributed by atoms with van der Waals surface area (Å²) >= 11 is 3.50. The van der Waals surface area contributed by atoms with Gasteiger partial charge in [0.05, 0.1) is 25.2 Å². The zero-order valence-corrected chi connectivity index (χ0v) is 16.4. The van der Waals surface area contributed by atoms with Gasteiger partial charge in [-0.3, -0.25) is 4.79 Å². The molecular weight excluding hydrogens is 384 g/mol. The lowest BCUT2D eigenvalue weighted by Gasteiger charge is -2.18. The Hall–Kier alpha value is -2.05. The molecule has 1 amide bonds. The highest BCUT2D eigenvalue weighted by Crippen LogP contribution is 2.25. The van der Waals surface area contributed by atoms with E-state index in [4.69, 9.17) is 9.47 Å². The molecule has 1 atom stereocenters. The molecule has 0 aromatic heterocycles. The van der Waals surface area contributed by atoms with Crippen molar-refractivity contribution in [3.8, 4) is 11.5 Å². The first-order valence-electron chi connectivity index (χ1n) is 8.15. The third kappa shape index (κ3) is 5.76. The van der Waals surface area contributed by atoms with Crippen molar-refractivity contribution in [1.82, 2.24) is 0 Å². The molecule has 0 aliphatic rings. The number of halogens is 1. The van der Waals surface area contributed by atoms with E-state index in [2.05, 4.69) is 28.2 Å². The van der Waals surface area contributed by atoms with Gasteiger partial charge < -0.3 is 19.7 Å². The molecule has 0 aliphatic heterocycles. The van der Waals surface area contributed by atoms with Crippen molar-refractivity contribution >= 4 is 27.5 Å². The summed E-state index contributed by atoms with van der Waals surface area (Å²) in [5, 5.41) is 2.93. The number of likely N-dealkylation sites (N-methyl/N-ethyl adjacent to an activating group) is 1. The number of methoxy groups -OCH3 is 2. The second-order valence-electron chi connectivity index (χ2n) is 5.71. The highest BCUT2D eigenvalue weighted by atomic mass is 79.9. The van der Waals surface area contributed by atoms with Crippen LogP contribution in [0.2, 0.25) is 0 Å². The van der Waals surface area contributed by atoms with Gasteiger partial charge in [0.15, 0.2) is 6.54 Å². The molecule has 0 radical (unpaired) electrons. The topological polar surface area (TPSA) is 52.0 Å². The molecule has 2 aromatic rings. The van der Waals surface area contributed by atoms with E-state index in [9.17, 15) is 4.79 Å². The maximum Gasteiger partial charge on any atom is 0.279 e. The highest BCUT2D eigenvalue weighted by Gasteiger charge is 2.14. The van der Waals surface area contributed by atoms with Crippen LogP contribution in [0.1, 0.15) is 12.5 Å². The zero-order valence-electron chi connectivity index (χ0n) is 14.8. The Morgan fingerprint density at radius 3 is 2.60 bits per heavy atom. The number of carbonyl (C=O) groups excluding carboxylic acids is 1. The molecule has 0 saturated carbocycles. The van der Waals surface area contributed by atoms with Crippen LogP contribution < -0.4 is 19.7 Å². The number of anilines is 1. The molecule has 2 aromatic carbocycles. The monoisotopic (exact) mass is 407 g/mol. The number of benzene rings is 2. The largest absolute Gasteiger partial charge is 0.497 e. The molecule has 25 heavy (non-hydrogen) atoms. The predicted octanol–water partition coefficient (Wildman–Crippen LogP) is 2.51. The fraction of sp³-hybridized carbons (Fsp3) is 0.316. The Kier molecular flexibility index (Phi) is 7.28. The maximum absolute atomic E-state index is 12.3. The van der Waals surface area contributed by atoms with Gasteiger partial charge in [0.1, 0.15) is 18.0 Å². The van der Waals surface area contributed by atoms with Crippen molar-refractivity contribution in [2.45, 2.75) is 13.5 Å². The lowest BCUT2D eigenvalue weighted by atomic mass is 10.2. The molecule has 5 nitrogen and oxygen atoms in total. The molecule has 1 unspecified atom stereocenters. The smallest absolute Gasteiger partial charge is 0.279 e. The van der Waals surface area contributed by atoms with Gasteiger partial charge in [-0.25, -0.2) is 0 Å². The summed E-state index contributed by atoms with van der Waals surface area (Å²) in [4.78, 5) is 13.5. The quantitative estimate of drug-likeness (QED) is 0.706. The summed E-state index contributed by atoms with van der Waals surface area (Å²) in [7, 11) is 3.25. The van der Waals surface area contributed by atoms with E-state index in [0.29, 0.717) is 6.54 Å². The van der Waals surface area contributed by atoms with Crippen LogP contribution in [0.5, 0.6) is 11.5 Å². The number of nitrogens with one attached hydrogen (secondary N) is 2. The molecule has 0 bridgehead atoms. The van der Waals surface area contributed by atoms with Crippen LogP contribution in [0.15, 0.2) is 46.9 Å². The standard InChI is InChI=1S/C19H23BrN2O3/c1-4-22(12-14-8-9-18(25-3)17(20)10-14)13-19(23)21-15-6-5-7-16(11-15)24-2/h5-11H,4,12-13H2,1-3H3,(H,21,23)/p+1. The van der Waals surface area contributed by atoms with E-state index < -0.39 is 0 Å². The van der Waals surface area contributed by atoms with E-state index in [-0.39, 0.29) is 5.91 Å². The molecule has 6 heteroatoms. The van der Waals surface area contributed by atoms with Gasteiger partial charge in [-0.2, -0.15) is 0 Å². The van der Waals surface area contributed by atoms with Crippen molar-refractivity contribution < 1.29 is 19.2 Å². The minimum Gasteiger partial charge on any atom is -0.497 e. The van der Waals surface area contributed by atoms with Crippen molar-refractivity contribution in [2.24, 2.45) is 0 Å². The van der Waals surface area contributed by atoms with Crippen LogP contribution in [-0.2, 0) is 11.3 Å².